The van der Waals surface area contributed by atoms with Gasteiger partial charge < -0.3 is 5.73 Å². The van der Waals surface area contributed by atoms with Crippen LogP contribution in [0.4, 0.5) is 5.82 Å². The summed E-state index contributed by atoms with van der Waals surface area (Å²) in [7, 11) is -3.55. The molecule has 0 amide bonds. The van der Waals surface area contributed by atoms with Crippen molar-refractivity contribution in [1.82, 2.24) is 14.7 Å². The van der Waals surface area contributed by atoms with Crippen LogP contribution in [0.1, 0.15) is 17.8 Å². The third-order valence-electron chi connectivity index (χ3n) is 2.52. The lowest BCUT2D eigenvalue weighted by Crippen LogP contribution is -2.27. The molecule has 1 atom stereocenters. The Hall–Kier alpha value is -1.51. The van der Waals surface area contributed by atoms with Gasteiger partial charge >= 0.3 is 0 Å². The highest BCUT2D eigenvalue weighted by molar-refractivity contribution is 7.89. The van der Waals surface area contributed by atoms with Crippen molar-refractivity contribution in [2.24, 2.45) is 0 Å². The maximum atomic E-state index is 12.0. The first-order valence-electron chi connectivity index (χ1n) is 5.59. The quantitative estimate of drug-likeness (QED) is 0.864. The van der Waals surface area contributed by atoms with Crippen molar-refractivity contribution < 1.29 is 8.42 Å². The fourth-order valence-corrected chi connectivity index (χ4v) is 3.21. The molecule has 0 radical (unpaired) electrons. The first-order chi connectivity index (χ1) is 8.99. The Labute approximate surface area is 115 Å². The van der Waals surface area contributed by atoms with Gasteiger partial charge in [0.25, 0.3) is 0 Å². The number of sulfonamides is 1. The number of nitrogen functional groups attached to an aromatic ring is 1. The molecule has 19 heavy (non-hydrogen) atoms. The van der Waals surface area contributed by atoms with E-state index in [4.69, 9.17) is 5.73 Å². The molecule has 2 aromatic rings. The Kier molecular flexibility index (Phi) is 4.13. The molecule has 2 aromatic heterocycles. The Balaban J connectivity index is 2.04. The zero-order valence-electron chi connectivity index (χ0n) is 10.3. The van der Waals surface area contributed by atoms with E-state index in [2.05, 4.69) is 14.7 Å². The van der Waals surface area contributed by atoms with Crippen molar-refractivity contribution in [2.45, 2.75) is 17.7 Å². The van der Waals surface area contributed by atoms with Gasteiger partial charge in [0.15, 0.2) is 0 Å². The minimum absolute atomic E-state index is 0.0246. The largest absolute Gasteiger partial charge is 0.384 e. The van der Waals surface area contributed by atoms with Gasteiger partial charge in [-0.05, 0) is 12.1 Å². The average molecular weight is 298 g/mol. The summed E-state index contributed by atoms with van der Waals surface area (Å²) in [6, 6.07) is 2.89. The molecule has 1 unspecified atom stereocenters. The van der Waals surface area contributed by atoms with Crippen LogP contribution in [0.15, 0.2) is 34.8 Å². The number of anilines is 1. The van der Waals surface area contributed by atoms with E-state index in [1.165, 1.54) is 29.7 Å². The Bertz CT molecular complexity index is 623. The molecule has 102 valence electrons. The minimum atomic E-state index is -3.55. The highest BCUT2D eigenvalue weighted by Gasteiger charge is 2.17. The maximum absolute atomic E-state index is 12.0. The van der Waals surface area contributed by atoms with E-state index in [0.717, 1.165) is 5.01 Å². The van der Waals surface area contributed by atoms with Crippen LogP contribution < -0.4 is 10.5 Å². The van der Waals surface area contributed by atoms with Crippen LogP contribution in [0.25, 0.3) is 0 Å². The van der Waals surface area contributed by atoms with Gasteiger partial charge in [0.1, 0.15) is 10.7 Å². The highest BCUT2D eigenvalue weighted by Crippen LogP contribution is 2.17. The predicted molar refractivity (Wildman–Crippen MR) is 74.4 cm³/mol. The van der Waals surface area contributed by atoms with Crippen molar-refractivity contribution >= 4 is 27.2 Å². The smallest absolute Gasteiger partial charge is 0.242 e. The number of nitrogens with zero attached hydrogens (tertiary/aromatic N) is 2. The van der Waals surface area contributed by atoms with Crippen molar-refractivity contribution in [1.29, 1.82) is 0 Å². The molecule has 2 rings (SSSR count). The van der Waals surface area contributed by atoms with E-state index in [-0.39, 0.29) is 16.6 Å². The molecule has 8 heteroatoms. The van der Waals surface area contributed by atoms with Crippen LogP contribution in [0.3, 0.4) is 0 Å². The summed E-state index contributed by atoms with van der Waals surface area (Å²) in [5, 5.41) is 2.77. The lowest BCUT2D eigenvalue weighted by molar-refractivity contribution is 0.574. The van der Waals surface area contributed by atoms with Gasteiger partial charge in [-0.3, -0.25) is 0 Å². The predicted octanol–water partition coefficient (Wildman–Crippen LogP) is 1.20. The molecule has 0 spiro atoms. The Morgan fingerprint density at radius 1 is 1.42 bits per heavy atom. The molecular weight excluding hydrogens is 284 g/mol. The number of nitrogens with two attached hydrogens (primary N) is 1. The average Bonchev–Trinajstić information content (AvgIpc) is 2.90. The lowest BCUT2D eigenvalue weighted by Gasteiger charge is -2.10. The van der Waals surface area contributed by atoms with Gasteiger partial charge in [0.2, 0.25) is 10.0 Å². The third-order valence-corrected chi connectivity index (χ3v) is 4.94. The second kappa shape index (κ2) is 5.64. The topological polar surface area (TPSA) is 98.0 Å². The van der Waals surface area contributed by atoms with Gasteiger partial charge in [-0.25, -0.2) is 23.1 Å². The lowest BCUT2D eigenvalue weighted by atomic mass is 10.2. The number of nitrogens with one attached hydrogen (secondary N) is 1. The minimum Gasteiger partial charge on any atom is -0.384 e. The summed E-state index contributed by atoms with van der Waals surface area (Å²) in [5.41, 5.74) is 5.42. The summed E-state index contributed by atoms with van der Waals surface area (Å²) in [6.07, 6.45) is 2.95. The summed E-state index contributed by atoms with van der Waals surface area (Å²) in [6.45, 7) is 2.21. The zero-order valence-corrected chi connectivity index (χ0v) is 11.9. The van der Waals surface area contributed by atoms with Gasteiger partial charge in [0, 0.05) is 30.2 Å². The van der Waals surface area contributed by atoms with Gasteiger partial charge in [-0.15, -0.1) is 11.3 Å². The summed E-state index contributed by atoms with van der Waals surface area (Å²) < 4.78 is 26.6. The fraction of sp³-hybridized carbons (Fsp3) is 0.273. The molecule has 2 heterocycles. The summed E-state index contributed by atoms with van der Waals surface area (Å²) in [5.74, 6) is 0.312. The normalized spacial score (nSPS) is 13.3. The van der Waals surface area contributed by atoms with Gasteiger partial charge in [-0.1, -0.05) is 6.92 Å². The number of hydrogen-bond donors (Lipinski definition) is 2. The van der Waals surface area contributed by atoms with Crippen molar-refractivity contribution in [3.8, 4) is 0 Å². The molecule has 0 fully saturated rings. The van der Waals surface area contributed by atoms with E-state index >= 15 is 0 Å². The number of hydrogen-bond acceptors (Lipinski definition) is 6. The molecule has 0 aliphatic carbocycles. The Morgan fingerprint density at radius 3 is 2.79 bits per heavy atom. The first-order valence-corrected chi connectivity index (χ1v) is 7.96. The molecular formula is C11H14N4O2S2. The fourth-order valence-electron chi connectivity index (χ4n) is 1.43. The van der Waals surface area contributed by atoms with Crippen molar-refractivity contribution in [2.75, 3.05) is 12.3 Å². The van der Waals surface area contributed by atoms with Crippen LogP contribution in [0.2, 0.25) is 0 Å². The summed E-state index contributed by atoms with van der Waals surface area (Å²) in [4.78, 5) is 8.03. The van der Waals surface area contributed by atoms with E-state index in [1.807, 2.05) is 12.3 Å². The van der Waals surface area contributed by atoms with Crippen LogP contribution >= 0.6 is 11.3 Å². The van der Waals surface area contributed by atoms with E-state index in [0.29, 0.717) is 6.54 Å². The van der Waals surface area contributed by atoms with Crippen molar-refractivity contribution in [3.05, 3.63) is 34.9 Å². The molecule has 0 bridgehead atoms. The molecule has 6 nitrogen and oxygen atoms in total. The molecule has 0 saturated heterocycles. The van der Waals surface area contributed by atoms with Crippen molar-refractivity contribution in [3.63, 3.8) is 0 Å². The molecule has 0 aliphatic rings. The van der Waals surface area contributed by atoms with Crippen LogP contribution in [-0.4, -0.2) is 24.9 Å². The number of aromatic nitrogens is 2. The van der Waals surface area contributed by atoms with Gasteiger partial charge in [-0.2, -0.15) is 0 Å². The van der Waals surface area contributed by atoms with E-state index in [9.17, 15) is 8.42 Å². The third kappa shape index (κ3) is 3.49. The molecule has 0 aliphatic heterocycles. The first kappa shape index (κ1) is 13.9. The zero-order chi connectivity index (χ0) is 13.9. The maximum Gasteiger partial charge on any atom is 0.242 e. The molecule has 0 aromatic carbocycles. The second-order valence-electron chi connectivity index (χ2n) is 4.04. The van der Waals surface area contributed by atoms with Gasteiger partial charge in [0.05, 0.1) is 5.01 Å². The highest BCUT2D eigenvalue weighted by atomic mass is 32.2. The molecule has 3 N–H and O–H groups in total. The summed E-state index contributed by atoms with van der Waals surface area (Å²) >= 11 is 1.50. The monoisotopic (exact) mass is 298 g/mol. The van der Waals surface area contributed by atoms with E-state index in [1.54, 1.807) is 6.20 Å². The number of rotatable bonds is 5. The SMILES string of the molecule is CC(CNS(=O)(=O)c1ccc(N)nc1)c1nccs1. The van der Waals surface area contributed by atoms with Crippen LogP contribution in [0, 0.1) is 0 Å². The number of thiazole rings is 1. The number of pyridine rings is 1. The molecule has 0 saturated carbocycles. The standard InChI is InChI=1S/C11H14N4O2S2/c1-8(11-13-4-5-18-11)6-15-19(16,17)9-2-3-10(12)14-7-9/h2-5,7-8,15H,6H2,1H3,(H2,12,14). The Morgan fingerprint density at radius 2 is 2.21 bits per heavy atom. The van der Waals surface area contributed by atoms with E-state index < -0.39 is 10.0 Å². The second-order valence-corrected chi connectivity index (χ2v) is 6.74. The van der Waals surface area contributed by atoms with Crippen LogP contribution in [0.5, 0.6) is 0 Å². The van der Waals surface area contributed by atoms with Crippen LogP contribution in [-0.2, 0) is 10.0 Å².